The highest BCUT2D eigenvalue weighted by Crippen LogP contribution is 2.14. The van der Waals surface area contributed by atoms with Gasteiger partial charge in [-0.1, -0.05) is 30.3 Å². The van der Waals surface area contributed by atoms with Crippen LogP contribution < -0.4 is 10.6 Å². The molecule has 1 atom stereocenters. The summed E-state index contributed by atoms with van der Waals surface area (Å²) in [6.07, 6.45) is 1.43. The van der Waals surface area contributed by atoms with Gasteiger partial charge in [0.2, 0.25) is 0 Å². The second-order valence-electron chi connectivity index (χ2n) is 6.18. The molecule has 0 spiro atoms. The van der Waals surface area contributed by atoms with E-state index in [1.807, 2.05) is 43.3 Å². The minimum absolute atomic E-state index is 0.129. The maximum Gasteiger partial charge on any atom is 0.274 e. The summed E-state index contributed by atoms with van der Waals surface area (Å²) in [6, 6.07) is 21.0. The molecular formula is C22H18N4O2. The molecule has 6 heteroatoms. The number of amides is 2. The Morgan fingerprint density at radius 3 is 2.39 bits per heavy atom. The van der Waals surface area contributed by atoms with Crippen LogP contribution in [0.5, 0.6) is 0 Å². The van der Waals surface area contributed by atoms with Gasteiger partial charge in [-0.2, -0.15) is 5.26 Å². The summed E-state index contributed by atoms with van der Waals surface area (Å²) in [7, 11) is 0. The molecule has 0 fully saturated rings. The van der Waals surface area contributed by atoms with Crippen molar-refractivity contribution in [2.75, 3.05) is 5.32 Å². The van der Waals surface area contributed by atoms with Crippen molar-refractivity contribution in [1.29, 1.82) is 5.26 Å². The van der Waals surface area contributed by atoms with E-state index in [0.29, 0.717) is 16.8 Å². The van der Waals surface area contributed by atoms with Gasteiger partial charge in [0.25, 0.3) is 11.8 Å². The third-order valence-electron chi connectivity index (χ3n) is 4.17. The summed E-state index contributed by atoms with van der Waals surface area (Å²) in [5.41, 5.74) is 2.51. The van der Waals surface area contributed by atoms with E-state index in [9.17, 15) is 9.59 Å². The number of benzene rings is 2. The van der Waals surface area contributed by atoms with E-state index < -0.39 is 5.91 Å². The first-order chi connectivity index (χ1) is 13.6. The molecule has 0 aliphatic heterocycles. The Balaban J connectivity index is 1.69. The minimum Gasteiger partial charge on any atom is -0.346 e. The quantitative estimate of drug-likeness (QED) is 0.716. The zero-order valence-corrected chi connectivity index (χ0v) is 15.2. The van der Waals surface area contributed by atoms with Gasteiger partial charge in [0.15, 0.2) is 0 Å². The van der Waals surface area contributed by atoms with Crippen LogP contribution in [0.1, 0.15) is 44.9 Å². The van der Waals surface area contributed by atoms with E-state index in [4.69, 9.17) is 5.26 Å². The molecule has 1 heterocycles. The molecule has 3 aromatic rings. The highest BCUT2D eigenvalue weighted by molar-refractivity contribution is 6.04. The predicted molar refractivity (Wildman–Crippen MR) is 106 cm³/mol. The van der Waals surface area contributed by atoms with Crippen LogP contribution in [0.25, 0.3) is 0 Å². The molecular weight excluding hydrogens is 352 g/mol. The second kappa shape index (κ2) is 8.60. The van der Waals surface area contributed by atoms with Gasteiger partial charge >= 0.3 is 0 Å². The fourth-order valence-electron chi connectivity index (χ4n) is 2.62. The first-order valence-electron chi connectivity index (χ1n) is 8.70. The summed E-state index contributed by atoms with van der Waals surface area (Å²) in [4.78, 5) is 29.0. The van der Waals surface area contributed by atoms with Crippen molar-refractivity contribution in [3.05, 3.63) is 95.3 Å². The third-order valence-corrected chi connectivity index (χ3v) is 4.17. The Kier molecular flexibility index (Phi) is 5.78. The van der Waals surface area contributed by atoms with Crippen LogP contribution in [0.2, 0.25) is 0 Å². The van der Waals surface area contributed by atoms with Crippen LogP contribution in [0.4, 0.5) is 5.69 Å². The number of hydrogen-bond donors (Lipinski definition) is 2. The summed E-state index contributed by atoms with van der Waals surface area (Å²) in [6.45, 7) is 1.90. The Morgan fingerprint density at radius 2 is 1.71 bits per heavy atom. The van der Waals surface area contributed by atoms with E-state index in [1.165, 1.54) is 12.3 Å². The average Bonchev–Trinajstić information content (AvgIpc) is 2.75. The van der Waals surface area contributed by atoms with Crippen molar-refractivity contribution < 1.29 is 9.59 Å². The predicted octanol–water partition coefficient (Wildman–Crippen LogP) is 3.70. The summed E-state index contributed by atoms with van der Waals surface area (Å²) >= 11 is 0. The van der Waals surface area contributed by atoms with Crippen molar-refractivity contribution in [3.63, 3.8) is 0 Å². The monoisotopic (exact) mass is 370 g/mol. The lowest BCUT2D eigenvalue weighted by molar-refractivity contribution is 0.0939. The second-order valence-corrected chi connectivity index (χ2v) is 6.18. The molecule has 138 valence electrons. The van der Waals surface area contributed by atoms with Gasteiger partial charge in [-0.25, -0.2) is 0 Å². The van der Waals surface area contributed by atoms with E-state index in [0.717, 1.165) is 5.56 Å². The number of anilines is 1. The maximum absolute atomic E-state index is 12.5. The van der Waals surface area contributed by atoms with Crippen molar-refractivity contribution in [2.45, 2.75) is 13.0 Å². The lowest BCUT2D eigenvalue weighted by Crippen LogP contribution is -2.27. The maximum atomic E-state index is 12.5. The molecule has 1 unspecified atom stereocenters. The van der Waals surface area contributed by atoms with Crippen LogP contribution in [0.3, 0.4) is 0 Å². The third kappa shape index (κ3) is 4.59. The highest BCUT2D eigenvalue weighted by atomic mass is 16.2. The number of nitriles is 1. The molecule has 28 heavy (non-hydrogen) atoms. The Bertz CT molecular complexity index is 1020. The molecule has 0 saturated carbocycles. The van der Waals surface area contributed by atoms with Gasteiger partial charge < -0.3 is 10.6 Å². The zero-order valence-electron chi connectivity index (χ0n) is 15.2. The van der Waals surface area contributed by atoms with Gasteiger partial charge in [-0.05, 0) is 48.9 Å². The number of rotatable bonds is 5. The average molecular weight is 370 g/mol. The van der Waals surface area contributed by atoms with Crippen molar-refractivity contribution in [1.82, 2.24) is 10.3 Å². The largest absolute Gasteiger partial charge is 0.346 e. The standard InChI is InChI=1S/C22H18N4O2/c1-15(17-5-3-2-4-6-17)25-21(27)18-11-12-24-20(13-18)22(28)26-19-9-7-16(14-23)8-10-19/h2-13,15H,1H3,(H,25,27)(H,26,28). The molecule has 2 N–H and O–H groups in total. The number of nitrogens with zero attached hydrogens (tertiary/aromatic N) is 2. The van der Waals surface area contributed by atoms with E-state index in [1.54, 1.807) is 30.3 Å². The smallest absolute Gasteiger partial charge is 0.274 e. The van der Waals surface area contributed by atoms with E-state index in [-0.39, 0.29) is 17.6 Å². The lowest BCUT2D eigenvalue weighted by atomic mass is 10.1. The first kappa shape index (κ1) is 18.8. The molecule has 3 rings (SSSR count). The highest BCUT2D eigenvalue weighted by Gasteiger charge is 2.14. The molecule has 0 bridgehead atoms. The lowest BCUT2D eigenvalue weighted by Gasteiger charge is -2.14. The molecule has 0 saturated heterocycles. The van der Waals surface area contributed by atoms with Crippen LogP contribution in [-0.4, -0.2) is 16.8 Å². The topological polar surface area (TPSA) is 94.9 Å². The molecule has 0 radical (unpaired) electrons. The molecule has 1 aromatic heterocycles. The van der Waals surface area contributed by atoms with Gasteiger partial charge in [0, 0.05) is 17.4 Å². The Labute approximate surface area is 162 Å². The molecule has 2 aromatic carbocycles. The number of carbonyl (C=O) groups is 2. The number of aromatic nitrogens is 1. The summed E-state index contributed by atoms with van der Waals surface area (Å²) in [5.74, 6) is -0.721. The van der Waals surface area contributed by atoms with Gasteiger partial charge in [0.1, 0.15) is 5.69 Å². The van der Waals surface area contributed by atoms with Gasteiger partial charge in [-0.3, -0.25) is 14.6 Å². The summed E-state index contributed by atoms with van der Waals surface area (Å²) in [5, 5.41) is 14.4. The normalized spacial score (nSPS) is 11.1. The van der Waals surface area contributed by atoms with E-state index >= 15 is 0 Å². The SMILES string of the molecule is CC(NC(=O)c1ccnc(C(=O)Nc2ccc(C#N)cc2)c1)c1ccccc1. The van der Waals surface area contributed by atoms with E-state index in [2.05, 4.69) is 15.6 Å². The molecule has 0 aliphatic carbocycles. The van der Waals surface area contributed by atoms with Gasteiger partial charge in [-0.15, -0.1) is 0 Å². The first-order valence-corrected chi connectivity index (χ1v) is 8.70. The van der Waals surface area contributed by atoms with Crippen LogP contribution in [0, 0.1) is 11.3 Å². The number of nitrogens with one attached hydrogen (secondary N) is 2. The fraction of sp³-hybridized carbons (Fsp3) is 0.0909. The number of carbonyl (C=O) groups excluding carboxylic acids is 2. The molecule has 0 aliphatic rings. The van der Waals surface area contributed by atoms with Gasteiger partial charge in [0.05, 0.1) is 17.7 Å². The Morgan fingerprint density at radius 1 is 1.00 bits per heavy atom. The molecule has 6 nitrogen and oxygen atoms in total. The number of pyridine rings is 1. The van der Waals surface area contributed by atoms with Crippen LogP contribution in [0.15, 0.2) is 72.9 Å². The Hall–Kier alpha value is -3.98. The number of hydrogen-bond acceptors (Lipinski definition) is 4. The zero-order chi connectivity index (χ0) is 19.9. The van der Waals surface area contributed by atoms with Crippen LogP contribution >= 0.6 is 0 Å². The minimum atomic E-state index is -0.435. The fourth-order valence-corrected chi connectivity index (χ4v) is 2.62. The van der Waals surface area contributed by atoms with Crippen molar-refractivity contribution in [2.24, 2.45) is 0 Å². The summed E-state index contributed by atoms with van der Waals surface area (Å²) < 4.78 is 0. The van der Waals surface area contributed by atoms with Crippen LogP contribution in [-0.2, 0) is 0 Å². The van der Waals surface area contributed by atoms with Crippen molar-refractivity contribution in [3.8, 4) is 6.07 Å². The molecule has 2 amide bonds. The van der Waals surface area contributed by atoms with Crippen molar-refractivity contribution >= 4 is 17.5 Å².